The van der Waals surface area contributed by atoms with Gasteiger partial charge >= 0.3 is 0 Å². The van der Waals surface area contributed by atoms with Crippen LogP contribution in [0.1, 0.15) is 39.0 Å². The molecule has 1 saturated carbocycles. The van der Waals surface area contributed by atoms with E-state index in [1.54, 1.807) is 6.07 Å². The molecule has 132 valence electrons. The van der Waals surface area contributed by atoms with Crippen molar-refractivity contribution in [1.82, 2.24) is 5.32 Å². The molecule has 0 saturated heterocycles. The van der Waals surface area contributed by atoms with Crippen LogP contribution in [-0.4, -0.2) is 34.6 Å². The number of anilines is 1. The van der Waals surface area contributed by atoms with Gasteiger partial charge in [-0.1, -0.05) is 18.9 Å². The molecule has 24 heavy (non-hydrogen) atoms. The lowest BCUT2D eigenvalue weighted by atomic mass is 10.0. The number of non-ortho nitro benzene ring substituents is 1. The van der Waals surface area contributed by atoms with Crippen molar-refractivity contribution in [2.24, 2.45) is 5.92 Å². The zero-order valence-corrected chi connectivity index (χ0v) is 13.9. The quantitative estimate of drug-likeness (QED) is 0.500. The average Bonchev–Trinajstić information content (AvgIpc) is 3.07. The van der Waals surface area contributed by atoms with Crippen molar-refractivity contribution in [2.75, 3.05) is 11.9 Å². The fraction of sp³-hybridized carbons (Fsp3) is 0.588. The zero-order chi connectivity index (χ0) is 17.5. The van der Waals surface area contributed by atoms with Crippen LogP contribution in [0.3, 0.4) is 0 Å². The molecule has 7 heteroatoms. The Bertz CT molecular complexity index is 573. The van der Waals surface area contributed by atoms with Gasteiger partial charge in [-0.15, -0.1) is 0 Å². The Morgan fingerprint density at radius 1 is 1.42 bits per heavy atom. The van der Waals surface area contributed by atoms with E-state index in [4.69, 9.17) is 0 Å². The lowest BCUT2D eigenvalue weighted by molar-refractivity contribution is -0.384. The molecule has 1 aromatic rings. The zero-order valence-electron chi connectivity index (χ0n) is 13.9. The third-order valence-corrected chi connectivity index (χ3v) is 4.45. The number of hydrogen-bond donors (Lipinski definition) is 3. The highest BCUT2D eigenvalue weighted by Crippen LogP contribution is 2.27. The molecule has 0 heterocycles. The maximum absolute atomic E-state index is 12.0. The van der Waals surface area contributed by atoms with Gasteiger partial charge in [-0.3, -0.25) is 14.9 Å². The van der Waals surface area contributed by atoms with Crippen LogP contribution in [0.2, 0.25) is 0 Å². The molecule has 1 amide bonds. The van der Waals surface area contributed by atoms with E-state index in [0.29, 0.717) is 18.2 Å². The molecule has 2 unspecified atom stereocenters. The highest BCUT2D eigenvalue weighted by molar-refractivity contribution is 5.91. The van der Waals surface area contributed by atoms with E-state index in [2.05, 4.69) is 10.6 Å². The summed E-state index contributed by atoms with van der Waals surface area (Å²) in [6.45, 7) is 2.37. The molecule has 1 aliphatic rings. The molecule has 1 fully saturated rings. The van der Waals surface area contributed by atoms with Gasteiger partial charge in [0.05, 0.1) is 11.0 Å². The minimum atomic E-state index is -0.496. The number of aliphatic hydroxyl groups is 1. The number of nitro groups is 1. The van der Waals surface area contributed by atoms with Crippen molar-refractivity contribution in [2.45, 2.75) is 51.2 Å². The standard InChI is InChI=1S/C17H25N3O4/c1-12(18-11-16(21)13-5-2-3-6-13)9-17(22)19-14-7-4-8-15(10-14)20(23)24/h4,7-8,10,12-13,16,18,21H,2-3,5-6,9,11H2,1H3,(H,19,22). The molecule has 1 aliphatic carbocycles. The number of carbonyl (C=O) groups excluding carboxylic acids is 1. The Hall–Kier alpha value is -1.99. The Balaban J connectivity index is 1.75. The van der Waals surface area contributed by atoms with Gasteiger partial charge in [-0.05, 0) is 31.7 Å². The molecule has 0 aromatic heterocycles. The summed E-state index contributed by atoms with van der Waals surface area (Å²) in [6, 6.07) is 5.78. The first kappa shape index (κ1) is 18.4. The number of rotatable bonds is 8. The summed E-state index contributed by atoms with van der Waals surface area (Å²) in [5.74, 6) is 0.147. The molecule has 2 rings (SSSR count). The van der Waals surface area contributed by atoms with Crippen LogP contribution in [0.5, 0.6) is 0 Å². The van der Waals surface area contributed by atoms with Crippen LogP contribution in [-0.2, 0) is 4.79 Å². The number of carbonyl (C=O) groups is 1. The number of benzene rings is 1. The van der Waals surface area contributed by atoms with Crippen molar-refractivity contribution >= 4 is 17.3 Å². The maximum Gasteiger partial charge on any atom is 0.271 e. The number of nitrogens with zero attached hydrogens (tertiary/aromatic N) is 1. The van der Waals surface area contributed by atoms with Gasteiger partial charge in [0.1, 0.15) is 0 Å². The average molecular weight is 335 g/mol. The number of nitro benzene ring substituents is 1. The summed E-state index contributed by atoms with van der Waals surface area (Å²) in [6.07, 6.45) is 4.38. The lowest BCUT2D eigenvalue weighted by Gasteiger charge is -2.21. The van der Waals surface area contributed by atoms with Gasteiger partial charge in [-0.25, -0.2) is 0 Å². The van der Waals surface area contributed by atoms with E-state index in [1.165, 1.54) is 31.0 Å². The van der Waals surface area contributed by atoms with Gasteiger partial charge < -0.3 is 15.7 Å². The third kappa shape index (κ3) is 5.58. The molecular weight excluding hydrogens is 310 g/mol. The second-order valence-electron chi connectivity index (χ2n) is 6.48. The van der Waals surface area contributed by atoms with Gasteiger partial charge in [0.25, 0.3) is 5.69 Å². The minimum Gasteiger partial charge on any atom is -0.392 e. The van der Waals surface area contributed by atoms with E-state index in [-0.39, 0.29) is 30.2 Å². The van der Waals surface area contributed by atoms with E-state index >= 15 is 0 Å². The normalized spacial score (nSPS) is 17.4. The number of amides is 1. The molecule has 3 N–H and O–H groups in total. The number of nitrogens with one attached hydrogen (secondary N) is 2. The third-order valence-electron chi connectivity index (χ3n) is 4.45. The Kier molecular flexibility index (Phi) is 6.69. The monoisotopic (exact) mass is 335 g/mol. The first-order chi connectivity index (χ1) is 11.5. The van der Waals surface area contributed by atoms with Crippen molar-refractivity contribution in [1.29, 1.82) is 0 Å². The predicted octanol–water partition coefficient (Wildman–Crippen LogP) is 2.45. The van der Waals surface area contributed by atoms with Crippen molar-refractivity contribution in [3.05, 3.63) is 34.4 Å². The van der Waals surface area contributed by atoms with E-state index in [1.807, 2.05) is 6.92 Å². The van der Waals surface area contributed by atoms with Gasteiger partial charge in [0, 0.05) is 36.8 Å². The minimum absolute atomic E-state index is 0.0568. The van der Waals surface area contributed by atoms with E-state index in [9.17, 15) is 20.0 Å². The van der Waals surface area contributed by atoms with Crippen LogP contribution in [0.4, 0.5) is 11.4 Å². The first-order valence-corrected chi connectivity index (χ1v) is 8.41. The second kappa shape index (κ2) is 8.75. The Morgan fingerprint density at radius 3 is 2.79 bits per heavy atom. The van der Waals surface area contributed by atoms with Crippen LogP contribution in [0, 0.1) is 16.0 Å². The van der Waals surface area contributed by atoms with Crippen molar-refractivity contribution in [3.63, 3.8) is 0 Å². The molecular formula is C17H25N3O4. The van der Waals surface area contributed by atoms with E-state index in [0.717, 1.165) is 12.8 Å². The second-order valence-corrected chi connectivity index (χ2v) is 6.48. The van der Waals surface area contributed by atoms with Crippen molar-refractivity contribution < 1.29 is 14.8 Å². The summed E-state index contributed by atoms with van der Waals surface area (Å²) in [5.41, 5.74) is 0.353. The summed E-state index contributed by atoms with van der Waals surface area (Å²) < 4.78 is 0. The molecule has 0 radical (unpaired) electrons. The Labute approximate surface area is 141 Å². The van der Waals surface area contributed by atoms with E-state index < -0.39 is 4.92 Å². The molecule has 0 bridgehead atoms. The van der Waals surface area contributed by atoms with Gasteiger partial charge in [0.15, 0.2) is 0 Å². The smallest absolute Gasteiger partial charge is 0.271 e. The summed E-state index contributed by atoms with van der Waals surface area (Å²) >= 11 is 0. The largest absolute Gasteiger partial charge is 0.392 e. The molecule has 2 atom stereocenters. The molecule has 0 aliphatic heterocycles. The van der Waals surface area contributed by atoms with Crippen LogP contribution >= 0.6 is 0 Å². The van der Waals surface area contributed by atoms with Crippen LogP contribution < -0.4 is 10.6 Å². The predicted molar refractivity (Wildman–Crippen MR) is 91.8 cm³/mol. The van der Waals surface area contributed by atoms with Gasteiger partial charge in [0.2, 0.25) is 5.91 Å². The summed E-state index contributed by atoms with van der Waals surface area (Å²) in [4.78, 5) is 22.3. The highest BCUT2D eigenvalue weighted by Gasteiger charge is 2.23. The Morgan fingerprint density at radius 2 is 2.12 bits per heavy atom. The highest BCUT2D eigenvalue weighted by atomic mass is 16.6. The van der Waals surface area contributed by atoms with Gasteiger partial charge in [-0.2, -0.15) is 0 Å². The van der Waals surface area contributed by atoms with Crippen LogP contribution in [0.25, 0.3) is 0 Å². The van der Waals surface area contributed by atoms with Crippen molar-refractivity contribution in [3.8, 4) is 0 Å². The molecule has 7 nitrogen and oxygen atoms in total. The first-order valence-electron chi connectivity index (χ1n) is 8.41. The fourth-order valence-corrected chi connectivity index (χ4v) is 3.09. The molecule has 0 spiro atoms. The SMILES string of the molecule is CC(CC(=O)Nc1cccc([N+](=O)[O-])c1)NCC(O)C1CCCC1. The summed E-state index contributed by atoms with van der Waals surface area (Å²) in [5, 5.41) is 26.7. The topological polar surface area (TPSA) is 104 Å². The number of aliphatic hydroxyl groups excluding tert-OH is 1. The maximum atomic E-state index is 12.0. The summed E-state index contributed by atoms with van der Waals surface area (Å²) in [7, 11) is 0. The lowest BCUT2D eigenvalue weighted by Crippen LogP contribution is -2.38. The fourth-order valence-electron chi connectivity index (χ4n) is 3.09. The van der Waals surface area contributed by atoms with Crippen LogP contribution in [0.15, 0.2) is 24.3 Å². The molecule has 1 aromatic carbocycles. The number of hydrogen-bond acceptors (Lipinski definition) is 5.